The summed E-state index contributed by atoms with van der Waals surface area (Å²) in [6.45, 7) is 7.42. The van der Waals surface area contributed by atoms with E-state index in [1.165, 1.54) is 24.8 Å². The fourth-order valence-electron chi connectivity index (χ4n) is 2.09. The Morgan fingerprint density at radius 3 is 2.63 bits per heavy atom. The van der Waals surface area contributed by atoms with Crippen molar-refractivity contribution in [2.45, 2.75) is 57.8 Å². The third-order valence-corrected chi connectivity index (χ3v) is 3.94. The topological polar surface area (TPSA) is 21.3 Å². The number of hydrogen-bond acceptors (Lipinski definition) is 2. The Morgan fingerprint density at radius 1 is 1.37 bits per heavy atom. The zero-order valence-electron chi connectivity index (χ0n) is 12.1. The molecule has 0 saturated heterocycles. The molecule has 1 aliphatic carbocycles. The molecule has 2 rings (SSSR count). The average molecular weight is 326 g/mol. The molecule has 2 nitrogen and oxygen atoms in total. The van der Waals surface area contributed by atoms with Gasteiger partial charge in [0, 0.05) is 16.6 Å². The van der Waals surface area contributed by atoms with Crippen LogP contribution in [0.15, 0.2) is 28.7 Å². The van der Waals surface area contributed by atoms with Crippen molar-refractivity contribution in [2.75, 3.05) is 6.54 Å². The van der Waals surface area contributed by atoms with Crippen molar-refractivity contribution in [3.05, 3.63) is 34.3 Å². The summed E-state index contributed by atoms with van der Waals surface area (Å²) in [6, 6.07) is 8.45. The Hall–Kier alpha value is -0.380. The van der Waals surface area contributed by atoms with E-state index in [0.29, 0.717) is 6.10 Å². The van der Waals surface area contributed by atoms with E-state index in [4.69, 9.17) is 4.74 Å². The zero-order chi connectivity index (χ0) is 13.9. The van der Waals surface area contributed by atoms with Crippen molar-refractivity contribution in [3.8, 4) is 0 Å². The first kappa shape index (κ1) is 15.0. The molecule has 0 aromatic heterocycles. The first-order valence-corrected chi connectivity index (χ1v) is 7.89. The molecule has 1 fully saturated rings. The molecule has 1 N–H and O–H groups in total. The van der Waals surface area contributed by atoms with Crippen LogP contribution in [0.25, 0.3) is 0 Å². The van der Waals surface area contributed by atoms with Gasteiger partial charge in [-0.1, -0.05) is 28.1 Å². The molecule has 106 valence electrons. The highest BCUT2D eigenvalue weighted by Crippen LogP contribution is 2.30. The second kappa shape index (κ2) is 6.38. The summed E-state index contributed by atoms with van der Waals surface area (Å²) in [4.78, 5) is 0. The molecular formula is C16H24BrNO. The van der Waals surface area contributed by atoms with Crippen LogP contribution in [0, 0.1) is 0 Å². The molecule has 0 spiro atoms. The molecule has 0 bridgehead atoms. The van der Waals surface area contributed by atoms with E-state index in [2.05, 4.69) is 66.3 Å². The van der Waals surface area contributed by atoms with Crippen LogP contribution >= 0.6 is 15.9 Å². The molecular weight excluding hydrogens is 302 g/mol. The van der Waals surface area contributed by atoms with Crippen molar-refractivity contribution < 1.29 is 4.74 Å². The predicted molar refractivity (Wildman–Crippen MR) is 83.4 cm³/mol. The number of hydrogen-bond donors (Lipinski definition) is 1. The van der Waals surface area contributed by atoms with Gasteiger partial charge in [-0.25, -0.2) is 0 Å². The minimum atomic E-state index is 0.118. The number of nitrogens with one attached hydrogen (secondary N) is 1. The molecule has 1 aliphatic rings. The lowest BCUT2D eigenvalue weighted by atomic mass is 9.95. The van der Waals surface area contributed by atoms with Gasteiger partial charge in [0.05, 0.1) is 12.2 Å². The maximum atomic E-state index is 6.24. The van der Waals surface area contributed by atoms with Crippen molar-refractivity contribution in [1.29, 1.82) is 0 Å². The lowest BCUT2D eigenvalue weighted by Gasteiger charge is -2.33. The Bertz CT molecular complexity index is 409. The van der Waals surface area contributed by atoms with Crippen molar-refractivity contribution in [3.63, 3.8) is 0 Å². The van der Waals surface area contributed by atoms with Crippen molar-refractivity contribution in [2.24, 2.45) is 0 Å². The maximum Gasteiger partial charge on any atom is 0.0953 e. The van der Waals surface area contributed by atoms with Crippen molar-refractivity contribution >= 4 is 15.9 Å². The summed E-state index contributed by atoms with van der Waals surface area (Å²) < 4.78 is 7.35. The van der Waals surface area contributed by atoms with Crippen LogP contribution in [0.2, 0.25) is 0 Å². The van der Waals surface area contributed by atoms with Gasteiger partial charge in [0.15, 0.2) is 0 Å². The largest absolute Gasteiger partial charge is 0.369 e. The van der Waals surface area contributed by atoms with Crippen LogP contribution in [-0.2, 0) is 4.74 Å². The van der Waals surface area contributed by atoms with Crippen LogP contribution in [0.5, 0.6) is 0 Å². The van der Waals surface area contributed by atoms with Gasteiger partial charge in [-0.15, -0.1) is 0 Å². The van der Waals surface area contributed by atoms with Crippen LogP contribution < -0.4 is 5.32 Å². The first-order chi connectivity index (χ1) is 8.94. The first-order valence-electron chi connectivity index (χ1n) is 7.10. The average Bonchev–Trinajstić information content (AvgIpc) is 2.25. The highest BCUT2D eigenvalue weighted by Gasteiger charge is 2.24. The minimum Gasteiger partial charge on any atom is -0.369 e. The van der Waals surface area contributed by atoms with Crippen LogP contribution in [-0.4, -0.2) is 18.2 Å². The maximum absolute atomic E-state index is 6.24. The Kier molecular flexibility index (Phi) is 5.04. The van der Waals surface area contributed by atoms with Gasteiger partial charge < -0.3 is 10.1 Å². The van der Waals surface area contributed by atoms with E-state index in [9.17, 15) is 0 Å². The lowest BCUT2D eigenvalue weighted by Crippen LogP contribution is -2.40. The van der Waals surface area contributed by atoms with Gasteiger partial charge in [0.25, 0.3) is 0 Å². The van der Waals surface area contributed by atoms with E-state index in [0.717, 1.165) is 11.0 Å². The quantitative estimate of drug-likeness (QED) is 0.863. The number of halogens is 1. The number of rotatable bonds is 5. The van der Waals surface area contributed by atoms with Gasteiger partial charge in [0.2, 0.25) is 0 Å². The molecule has 1 saturated carbocycles. The van der Waals surface area contributed by atoms with E-state index >= 15 is 0 Å². The second-order valence-electron chi connectivity index (χ2n) is 6.36. The molecule has 3 heteroatoms. The van der Waals surface area contributed by atoms with Gasteiger partial charge >= 0.3 is 0 Å². The molecule has 0 amide bonds. The summed E-state index contributed by atoms with van der Waals surface area (Å²) in [6.07, 6.45) is 4.32. The third-order valence-electron chi connectivity index (χ3n) is 3.45. The Labute approximate surface area is 125 Å². The van der Waals surface area contributed by atoms with E-state index in [-0.39, 0.29) is 11.6 Å². The molecule has 1 unspecified atom stereocenters. The fraction of sp³-hybridized carbons (Fsp3) is 0.625. The van der Waals surface area contributed by atoms with Crippen LogP contribution in [0.1, 0.15) is 51.7 Å². The van der Waals surface area contributed by atoms with E-state index < -0.39 is 0 Å². The van der Waals surface area contributed by atoms with Crippen molar-refractivity contribution in [1.82, 2.24) is 5.32 Å². The SMILES string of the molecule is CC(C)(C)NCC(OC1CCC1)c1cccc(Br)c1. The summed E-state index contributed by atoms with van der Waals surface area (Å²) >= 11 is 3.54. The monoisotopic (exact) mass is 325 g/mol. The Balaban J connectivity index is 2.04. The van der Waals surface area contributed by atoms with Gasteiger partial charge in [-0.3, -0.25) is 0 Å². The standard InChI is InChI=1S/C16H24BrNO/c1-16(2,3)18-11-15(19-14-8-5-9-14)12-6-4-7-13(17)10-12/h4,6-7,10,14-15,18H,5,8-9,11H2,1-3H3. The molecule has 0 heterocycles. The Morgan fingerprint density at radius 2 is 2.11 bits per heavy atom. The summed E-state index contributed by atoms with van der Waals surface area (Å²) in [7, 11) is 0. The van der Waals surface area contributed by atoms with Crippen LogP contribution in [0.3, 0.4) is 0 Å². The highest BCUT2D eigenvalue weighted by molar-refractivity contribution is 9.10. The second-order valence-corrected chi connectivity index (χ2v) is 7.28. The molecule has 19 heavy (non-hydrogen) atoms. The number of benzene rings is 1. The van der Waals surface area contributed by atoms with Gasteiger partial charge in [-0.05, 0) is 57.7 Å². The molecule has 1 atom stereocenters. The van der Waals surface area contributed by atoms with Gasteiger partial charge in [0.1, 0.15) is 0 Å². The number of ether oxygens (including phenoxy) is 1. The molecule has 0 radical (unpaired) electrons. The molecule has 0 aliphatic heterocycles. The third kappa shape index (κ3) is 4.90. The molecule has 1 aromatic carbocycles. The predicted octanol–water partition coefficient (Wildman–Crippen LogP) is 4.45. The molecule has 1 aromatic rings. The minimum absolute atomic E-state index is 0.118. The summed E-state index contributed by atoms with van der Waals surface area (Å²) in [5, 5.41) is 3.55. The highest BCUT2D eigenvalue weighted by atomic mass is 79.9. The fourth-order valence-corrected chi connectivity index (χ4v) is 2.51. The lowest BCUT2D eigenvalue weighted by molar-refractivity contribution is -0.0538. The normalized spacial score (nSPS) is 18.1. The van der Waals surface area contributed by atoms with E-state index in [1.807, 2.05) is 0 Å². The van der Waals surface area contributed by atoms with Gasteiger partial charge in [-0.2, -0.15) is 0 Å². The smallest absolute Gasteiger partial charge is 0.0953 e. The van der Waals surface area contributed by atoms with Crippen LogP contribution in [0.4, 0.5) is 0 Å². The van der Waals surface area contributed by atoms with E-state index in [1.54, 1.807) is 0 Å². The summed E-state index contributed by atoms with van der Waals surface area (Å²) in [5.74, 6) is 0. The summed E-state index contributed by atoms with van der Waals surface area (Å²) in [5.41, 5.74) is 1.37. The zero-order valence-corrected chi connectivity index (χ0v) is 13.7.